The van der Waals surface area contributed by atoms with E-state index in [4.69, 9.17) is 5.11 Å². The number of carbonyl (C=O) groups is 2. The number of halogens is 3. The van der Waals surface area contributed by atoms with Gasteiger partial charge in [0.15, 0.2) is 0 Å². The molecule has 0 bridgehead atoms. The van der Waals surface area contributed by atoms with Gasteiger partial charge in [0.25, 0.3) is 0 Å². The zero-order valence-corrected chi connectivity index (χ0v) is 19.0. The first kappa shape index (κ1) is 26.0. The third-order valence-corrected chi connectivity index (χ3v) is 5.96. The number of urea groups is 1. The molecule has 35 heavy (non-hydrogen) atoms. The molecule has 1 aromatic carbocycles. The Hall–Kier alpha value is -3.59. The number of hydrogen-bond donors (Lipinski definition) is 5. The first-order valence-electron chi connectivity index (χ1n) is 10.4. The summed E-state index contributed by atoms with van der Waals surface area (Å²) in [7, 11) is -4.21. The lowest BCUT2D eigenvalue weighted by molar-refractivity contribution is -0.141. The average Bonchev–Trinajstić information content (AvgIpc) is 3.30. The van der Waals surface area contributed by atoms with E-state index in [0.29, 0.717) is 29.9 Å². The van der Waals surface area contributed by atoms with Gasteiger partial charge in [0.2, 0.25) is 0 Å². The molecule has 0 radical (unpaired) electrons. The van der Waals surface area contributed by atoms with E-state index in [0.717, 1.165) is 18.9 Å². The molecule has 11 nitrogen and oxygen atoms in total. The highest BCUT2D eigenvalue weighted by molar-refractivity contribution is 7.88. The summed E-state index contributed by atoms with van der Waals surface area (Å²) >= 11 is 0. The fraction of sp³-hybridized carbons (Fsp3) is 0.350. The second kappa shape index (κ2) is 10.8. The van der Waals surface area contributed by atoms with Crippen LogP contribution < -0.4 is 25.0 Å². The highest BCUT2D eigenvalue weighted by Crippen LogP contribution is 2.31. The van der Waals surface area contributed by atoms with Gasteiger partial charge in [-0.1, -0.05) is 18.2 Å². The number of amides is 3. The quantitative estimate of drug-likeness (QED) is 0.362. The number of alkyl halides is 3. The highest BCUT2D eigenvalue weighted by atomic mass is 32.2. The Balaban J connectivity index is 1.58. The predicted octanol–water partition coefficient (Wildman–Crippen LogP) is 2.62. The molecule has 0 unspecified atom stereocenters. The van der Waals surface area contributed by atoms with Crippen LogP contribution in [0, 0.1) is 0 Å². The van der Waals surface area contributed by atoms with Crippen molar-refractivity contribution in [1.29, 1.82) is 0 Å². The molecular weight excluding hydrogens is 493 g/mol. The van der Waals surface area contributed by atoms with Gasteiger partial charge in [-0.3, -0.25) is 0 Å². The largest absolute Gasteiger partial charge is 0.464 e. The minimum Gasteiger partial charge on any atom is -0.464 e. The molecule has 5 N–H and O–H groups in total. The summed E-state index contributed by atoms with van der Waals surface area (Å²) in [6.07, 6.45) is -4.60. The number of rotatable bonds is 8. The standard InChI is InChI=1S/C20H23F3N6O5S/c21-20(22,23)16-8-5-14(17(27-16)29-9-1-2-10-29)12-24-18(30)26-15-6-3-13(4-7-15)11-25-35(33,34)28-19(31)32/h3-8,25,28H,1-2,9-12H2,(H,31,32)(H2,24,26,30). The SMILES string of the molecule is O=C(O)NS(=O)(=O)NCc1ccc(NC(=O)NCc2ccc(C(F)(F)F)nc2N2CCCC2)cc1. The number of anilines is 2. The third kappa shape index (κ3) is 7.71. The average molecular weight is 517 g/mol. The third-order valence-electron chi connectivity index (χ3n) is 4.99. The molecule has 3 amide bonds. The van der Waals surface area contributed by atoms with Crippen molar-refractivity contribution in [3.05, 3.63) is 53.2 Å². The summed E-state index contributed by atoms with van der Waals surface area (Å²) in [4.78, 5) is 28.3. The minimum absolute atomic E-state index is 0.0424. The van der Waals surface area contributed by atoms with Gasteiger partial charge in [0.05, 0.1) is 0 Å². The van der Waals surface area contributed by atoms with Crippen molar-refractivity contribution >= 4 is 33.8 Å². The number of pyridine rings is 1. The van der Waals surface area contributed by atoms with Gasteiger partial charge < -0.3 is 20.6 Å². The molecular formula is C20H23F3N6O5S. The zero-order valence-electron chi connectivity index (χ0n) is 18.2. The predicted molar refractivity (Wildman–Crippen MR) is 120 cm³/mol. The smallest absolute Gasteiger partial charge is 0.433 e. The monoisotopic (exact) mass is 516 g/mol. The number of carbonyl (C=O) groups excluding carboxylic acids is 1. The molecule has 1 aliphatic heterocycles. The van der Waals surface area contributed by atoms with Gasteiger partial charge in [-0.05, 0) is 36.6 Å². The van der Waals surface area contributed by atoms with Crippen molar-refractivity contribution in [3.63, 3.8) is 0 Å². The lowest BCUT2D eigenvalue weighted by Gasteiger charge is -2.21. The van der Waals surface area contributed by atoms with Gasteiger partial charge in [-0.15, -0.1) is 0 Å². The van der Waals surface area contributed by atoms with Gasteiger partial charge in [0, 0.05) is 37.4 Å². The van der Waals surface area contributed by atoms with Crippen LogP contribution in [0.25, 0.3) is 0 Å². The molecule has 2 heterocycles. The Morgan fingerprint density at radius 3 is 2.29 bits per heavy atom. The number of benzene rings is 1. The van der Waals surface area contributed by atoms with E-state index in [-0.39, 0.29) is 18.9 Å². The Bertz CT molecular complexity index is 1170. The normalized spacial score (nSPS) is 14.0. The van der Waals surface area contributed by atoms with E-state index in [1.165, 1.54) is 35.1 Å². The molecule has 15 heteroatoms. The summed E-state index contributed by atoms with van der Waals surface area (Å²) in [5.74, 6) is 0.196. The summed E-state index contributed by atoms with van der Waals surface area (Å²) in [6, 6.07) is 7.63. The Morgan fingerprint density at radius 2 is 1.69 bits per heavy atom. The topological polar surface area (TPSA) is 153 Å². The van der Waals surface area contributed by atoms with Crippen LogP contribution in [0.15, 0.2) is 36.4 Å². The highest BCUT2D eigenvalue weighted by Gasteiger charge is 2.34. The Labute approximate surface area is 198 Å². The van der Waals surface area contributed by atoms with E-state index in [1.807, 2.05) is 4.72 Å². The number of nitrogens with zero attached hydrogens (tertiary/aromatic N) is 2. The lowest BCUT2D eigenvalue weighted by atomic mass is 10.2. The van der Waals surface area contributed by atoms with Gasteiger partial charge in [0.1, 0.15) is 11.5 Å². The number of hydrogen-bond acceptors (Lipinski definition) is 6. The summed E-state index contributed by atoms with van der Waals surface area (Å²) in [5, 5.41) is 13.6. The summed E-state index contributed by atoms with van der Waals surface area (Å²) in [6.45, 7) is 0.944. The van der Waals surface area contributed by atoms with E-state index in [2.05, 4.69) is 15.6 Å². The Kier molecular flexibility index (Phi) is 8.01. The molecule has 0 saturated carbocycles. The van der Waals surface area contributed by atoms with E-state index in [9.17, 15) is 31.2 Å². The number of nitrogens with one attached hydrogen (secondary N) is 4. The van der Waals surface area contributed by atoms with Crippen LogP contribution in [-0.4, -0.2) is 43.7 Å². The van der Waals surface area contributed by atoms with E-state index >= 15 is 0 Å². The molecule has 1 fully saturated rings. The fourth-order valence-corrected chi connectivity index (χ4v) is 4.02. The van der Waals surface area contributed by atoms with Crippen molar-refractivity contribution in [2.75, 3.05) is 23.3 Å². The van der Waals surface area contributed by atoms with Crippen molar-refractivity contribution < 1.29 is 36.3 Å². The molecule has 2 aromatic rings. The van der Waals surface area contributed by atoms with Crippen LogP contribution >= 0.6 is 0 Å². The second-order valence-electron chi connectivity index (χ2n) is 7.61. The first-order chi connectivity index (χ1) is 16.4. The van der Waals surface area contributed by atoms with E-state index < -0.39 is 34.2 Å². The lowest BCUT2D eigenvalue weighted by Crippen LogP contribution is -2.39. The molecule has 0 spiro atoms. The zero-order chi connectivity index (χ0) is 25.6. The molecule has 3 rings (SSSR count). The summed E-state index contributed by atoms with van der Waals surface area (Å²) < 4.78 is 65.6. The molecule has 190 valence electrons. The maximum Gasteiger partial charge on any atom is 0.433 e. The van der Waals surface area contributed by atoms with Crippen molar-refractivity contribution in [2.24, 2.45) is 0 Å². The van der Waals surface area contributed by atoms with Crippen molar-refractivity contribution in [2.45, 2.75) is 32.1 Å². The van der Waals surface area contributed by atoms with Crippen LogP contribution in [0.1, 0.15) is 29.7 Å². The first-order valence-corrected chi connectivity index (χ1v) is 11.9. The molecule has 1 aliphatic rings. The van der Waals surface area contributed by atoms with Crippen LogP contribution in [0.4, 0.5) is 34.3 Å². The fourth-order valence-electron chi connectivity index (χ4n) is 3.36. The van der Waals surface area contributed by atoms with Crippen molar-refractivity contribution in [3.8, 4) is 0 Å². The van der Waals surface area contributed by atoms with Crippen LogP contribution in [0.2, 0.25) is 0 Å². The van der Waals surface area contributed by atoms with E-state index in [1.54, 1.807) is 4.90 Å². The van der Waals surface area contributed by atoms with Gasteiger partial charge in [-0.2, -0.15) is 26.3 Å². The minimum atomic E-state index is -4.57. The van der Waals surface area contributed by atoms with Gasteiger partial charge in [-0.25, -0.2) is 19.3 Å². The Morgan fingerprint density at radius 1 is 1.03 bits per heavy atom. The van der Waals surface area contributed by atoms with Gasteiger partial charge >= 0.3 is 28.5 Å². The number of aromatic nitrogens is 1. The number of carboxylic acid groups (broad SMARTS) is 1. The molecule has 1 saturated heterocycles. The molecule has 0 atom stereocenters. The maximum atomic E-state index is 13.1. The van der Waals surface area contributed by atoms with Crippen LogP contribution in [0.3, 0.4) is 0 Å². The molecule has 0 aliphatic carbocycles. The van der Waals surface area contributed by atoms with Crippen LogP contribution in [-0.2, 0) is 29.5 Å². The second-order valence-corrected chi connectivity index (χ2v) is 9.11. The summed E-state index contributed by atoms with van der Waals surface area (Å²) in [5.41, 5.74) is 0.335. The van der Waals surface area contributed by atoms with Crippen molar-refractivity contribution in [1.82, 2.24) is 19.7 Å². The molecule has 1 aromatic heterocycles. The van der Waals surface area contributed by atoms with Crippen LogP contribution in [0.5, 0.6) is 0 Å². The maximum absolute atomic E-state index is 13.1.